The van der Waals surface area contributed by atoms with E-state index in [4.69, 9.17) is 4.98 Å². The number of anilines is 1. The molecule has 0 unspecified atom stereocenters. The van der Waals surface area contributed by atoms with Crippen LogP contribution in [0.5, 0.6) is 0 Å². The minimum Gasteiger partial charge on any atom is -0.383 e. The molecule has 34 heavy (non-hydrogen) atoms. The highest BCUT2D eigenvalue weighted by Gasteiger charge is 2.38. The van der Waals surface area contributed by atoms with Crippen LogP contribution in [-0.4, -0.2) is 94.1 Å². The number of rotatable bonds is 5. The number of piperazine rings is 1. The topological polar surface area (TPSA) is 76.0 Å². The number of carbonyl (C=O) groups is 1. The number of aromatic nitrogens is 2. The number of likely N-dealkylation sites (tertiary alicyclic amines) is 2. The van der Waals surface area contributed by atoms with Crippen molar-refractivity contribution in [2.45, 2.75) is 50.8 Å². The van der Waals surface area contributed by atoms with Gasteiger partial charge >= 0.3 is 0 Å². The number of nitrogens with zero attached hydrogens (tertiary/aromatic N) is 6. The van der Waals surface area contributed by atoms with Gasteiger partial charge in [-0.3, -0.25) is 9.69 Å². The lowest BCUT2D eigenvalue weighted by atomic mass is 9.87. The maximum Gasteiger partial charge on any atom is 0.219 e. The highest BCUT2D eigenvalue weighted by atomic mass is 32.1. The Hall–Kier alpha value is -2.07. The zero-order valence-electron chi connectivity index (χ0n) is 20.1. The monoisotopic (exact) mass is 484 g/mol. The number of hydrogen-bond donors (Lipinski definition) is 1. The van der Waals surface area contributed by atoms with Gasteiger partial charge in [-0.2, -0.15) is 0 Å². The predicted molar refractivity (Wildman–Crippen MR) is 134 cm³/mol. The first-order valence-electron chi connectivity index (χ1n) is 12.6. The molecule has 0 aliphatic carbocycles. The minimum atomic E-state index is -0.816. The Bertz CT molecular complexity index is 945. The molecule has 0 atom stereocenters. The van der Waals surface area contributed by atoms with E-state index in [1.54, 1.807) is 18.3 Å². The van der Waals surface area contributed by atoms with Crippen molar-refractivity contribution in [3.63, 3.8) is 0 Å². The van der Waals surface area contributed by atoms with Gasteiger partial charge in [0.2, 0.25) is 5.91 Å². The molecule has 184 valence electrons. The zero-order valence-corrected chi connectivity index (χ0v) is 20.9. The van der Waals surface area contributed by atoms with Crippen molar-refractivity contribution in [3.05, 3.63) is 40.5 Å². The summed E-state index contributed by atoms with van der Waals surface area (Å²) in [4.78, 5) is 30.2. The van der Waals surface area contributed by atoms with Gasteiger partial charge in [-0.05, 0) is 37.8 Å². The van der Waals surface area contributed by atoms with E-state index in [2.05, 4.69) is 31.1 Å². The second-order valence-corrected chi connectivity index (χ2v) is 10.8. The van der Waals surface area contributed by atoms with Gasteiger partial charge in [0, 0.05) is 76.9 Å². The molecule has 0 aromatic carbocycles. The second-order valence-electron chi connectivity index (χ2n) is 9.88. The molecule has 3 saturated heterocycles. The third-order valence-corrected chi connectivity index (χ3v) is 8.62. The summed E-state index contributed by atoms with van der Waals surface area (Å²) < 4.78 is 0. The summed E-state index contributed by atoms with van der Waals surface area (Å²) in [7, 11) is 0. The van der Waals surface area contributed by atoms with E-state index in [1.165, 1.54) is 0 Å². The molecule has 8 nitrogen and oxygen atoms in total. The Morgan fingerprint density at radius 1 is 1.09 bits per heavy atom. The molecule has 5 rings (SSSR count). The fourth-order valence-electron chi connectivity index (χ4n) is 5.53. The van der Waals surface area contributed by atoms with E-state index < -0.39 is 5.60 Å². The van der Waals surface area contributed by atoms with Crippen molar-refractivity contribution in [3.8, 4) is 0 Å². The normalized spacial score (nSPS) is 22.8. The minimum absolute atomic E-state index is 0.181. The summed E-state index contributed by atoms with van der Waals surface area (Å²) >= 11 is 1.67. The number of amides is 1. The van der Waals surface area contributed by atoms with Crippen LogP contribution in [0.15, 0.2) is 29.8 Å². The third kappa shape index (κ3) is 5.27. The van der Waals surface area contributed by atoms with Crippen LogP contribution in [-0.2, 0) is 16.9 Å². The Kier molecular flexibility index (Phi) is 7.15. The first kappa shape index (κ1) is 23.7. The van der Waals surface area contributed by atoms with Crippen LogP contribution < -0.4 is 4.90 Å². The highest BCUT2D eigenvalue weighted by molar-refractivity contribution is 7.09. The standard InChI is InChI=1S/C25H36N6O2S/c1-20(32)29-10-5-21(6-11-29)30-12-7-25(33,8-13-30)22-19-34-24(27-22)18-28-14-16-31(17-15-28)23-4-2-3-9-26-23/h2-4,9,19,21,33H,5-8,10-18H2,1H3. The summed E-state index contributed by atoms with van der Waals surface area (Å²) in [5.41, 5.74) is 0.0360. The SMILES string of the molecule is CC(=O)N1CCC(N2CCC(O)(c3csc(CN4CCN(c5ccccn5)CC4)n3)CC2)CC1. The van der Waals surface area contributed by atoms with Crippen LogP contribution in [0.4, 0.5) is 5.82 Å². The number of carbonyl (C=O) groups excluding carboxylic acids is 1. The largest absolute Gasteiger partial charge is 0.383 e. The molecule has 5 heterocycles. The molecular weight excluding hydrogens is 448 g/mol. The van der Waals surface area contributed by atoms with Crippen molar-refractivity contribution in [2.24, 2.45) is 0 Å². The lowest BCUT2D eigenvalue weighted by molar-refractivity contribution is -0.130. The molecular formula is C25H36N6O2S. The van der Waals surface area contributed by atoms with E-state index in [-0.39, 0.29) is 5.91 Å². The first-order chi connectivity index (χ1) is 16.5. The smallest absolute Gasteiger partial charge is 0.219 e. The summed E-state index contributed by atoms with van der Waals surface area (Å²) in [6.45, 7) is 9.93. The molecule has 2 aromatic rings. The quantitative estimate of drug-likeness (QED) is 0.697. The summed E-state index contributed by atoms with van der Waals surface area (Å²) in [5, 5.41) is 14.6. The van der Waals surface area contributed by atoms with Crippen LogP contribution in [0.2, 0.25) is 0 Å². The molecule has 3 aliphatic heterocycles. The third-order valence-electron chi connectivity index (χ3n) is 7.78. The zero-order chi connectivity index (χ0) is 23.5. The highest BCUT2D eigenvalue weighted by Crippen LogP contribution is 2.35. The molecule has 0 saturated carbocycles. The average molecular weight is 485 g/mol. The van der Waals surface area contributed by atoms with Crippen molar-refractivity contribution < 1.29 is 9.90 Å². The fourth-order valence-corrected chi connectivity index (χ4v) is 6.45. The molecule has 0 bridgehead atoms. The van der Waals surface area contributed by atoms with Crippen LogP contribution in [0.1, 0.15) is 43.3 Å². The molecule has 2 aromatic heterocycles. The van der Waals surface area contributed by atoms with Crippen molar-refractivity contribution in [1.29, 1.82) is 0 Å². The maximum absolute atomic E-state index is 11.6. The van der Waals surface area contributed by atoms with E-state index in [9.17, 15) is 9.90 Å². The fraction of sp³-hybridized carbons (Fsp3) is 0.640. The second kappa shape index (κ2) is 10.3. The van der Waals surface area contributed by atoms with Gasteiger partial charge in [-0.25, -0.2) is 9.97 Å². The number of piperidine rings is 2. The average Bonchev–Trinajstić information content (AvgIpc) is 3.35. The predicted octanol–water partition coefficient (Wildman–Crippen LogP) is 2.15. The Morgan fingerprint density at radius 3 is 2.47 bits per heavy atom. The summed E-state index contributed by atoms with van der Waals surface area (Å²) in [5.74, 6) is 1.23. The van der Waals surface area contributed by atoms with Crippen molar-refractivity contribution >= 4 is 23.1 Å². The number of hydrogen-bond acceptors (Lipinski definition) is 8. The molecule has 3 fully saturated rings. The molecule has 9 heteroatoms. The van der Waals surface area contributed by atoms with Crippen molar-refractivity contribution in [2.75, 3.05) is 57.3 Å². The van der Waals surface area contributed by atoms with Gasteiger partial charge in [-0.15, -0.1) is 11.3 Å². The van der Waals surface area contributed by atoms with E-state index in [0.29, 0.717) is 6.04 Å². The summed E-state index contributed by atoms with van der Waals surface area (Å²) in [6, 6.07) is 6.59. The lowest BCUT2D eigenvalue weighted by Crippen LogP contribution is -2.51. The Balaban J connectivity index is 1.10. The molecule has 1 amide bonds. The van der Waals surface area contributed by atoms with Crippen LogP contribution in [0, 0.1) is 0 Å². The van der Waals surface area contributed by atoms with Gasteiger partial charge in [0.15, 0.2) is 0 Å². The van der Waals surface area contributed by atoms with Gasteiger partial charge in [0.25, 0.3) is 0 Å². The first-order valence-corrected chi connectivity index (χ1v) is 13.4. The molecule has 1 N–H and O–H groups in total. The molecule has 3 aliphatic rings. The van der Waals surface area contributed by atoms with Gasteiger partial charge in [-0.1, -0.05) is 6.07 Å². The van der Waals surface area contributed by atoms with Crippen LogP contribution >= 0.6 is 11.3 Å². The summed E-state index contributed by atoms with van der Waals surface area (Å²) in [6.07, 6.45) is 5.38. The van der Waals surface area contributed by atoms with Crippen LogP contribution in [0.25, 0.3) is 0 Å². The number of thiazole rings is 1. The van der Waals surface area contributed by atoms with Crippen molar-refractivity contribution in [1.82, 2.24) is 24.7 Å². The van der Waals surface area contributed by atoms with E-state index in [1.807, 2.05) is 23.2 Å². The van der Waals surface area contributed by atoms with Gasteiger partial charge in [0.1, 0.15) is 16.4 Å². The molecule has 0 radical (unpaired) electrons. The molecule has 0 spiro atoms. The Morgan fingerprint density at radius 2 is 1.82 bits per heavy atom. The van der Waals surface area contributed by atoms with E-state index in [0.717, 1.165) is 101 Å². The Labute approximate surface area is 206 Å². The van der Waals surface area contributed by atoms with E-state index >= 15 is 0 Å². The number of pyridine rings is 1. The van der Waals surface area contributed by atoms with Gasteiger partial charge in [0.05, 0.1) is 12.2 Å². The van der Waals surface area contributed by atoms with Crippen LogP contribution in [0.3, 0.4) is 0 Å². The lowest BCUT2D eigenvalue weighted by Gasteiger charge is -2.43. The number of aliphatic hydroxyl groups is 1. The maximum atomic E-state index is 11.6. The van der Waals surface area contributed by atoms with Gasteiger partial charge < -0.3 is 19.8 Å².